The van der Waals surface area contributed by atoms with Crippen LogP contribution in [0.2, 0.25) is 0 Å². The summed E-state index contributed by atoms with van der Waals surface area (Å²) in [6.45, 7) is 9.40. The van der Waals surface area contributed by atoms with Gasteiger partial charge < -0.3 is 24.1 Å². The predicted octanol–water partition coefficient (Wildman–Crippen LogP) is 3.70. The quantitative estimate of drug-likeness (QED) is 0.616. The van der Waals surface area contributed by atoms with Gasteiger partial charge in [-0.15, -0.1) is 0 Å². The molecule has 3 rings (SSSR count). The molecule has 7 nitrogen and oxygen atoms in total. The number of hydrogen-bond donors (Lipinski definition) is 1. The Bertz CT molecular complexity index is 915. The maximum Gasteiger partial charge on any atom is 0.355 e. The number of aromatic nitrogens is 1. The molecule has 2 heterocycles. The smallest absolute Gasteiger partial charge is 0.355 e. The van der Waals surface area contributed by atoms with Crippen LogP contribution in [0.15, 0.2) is 24.3 Å². The summed E-state index contributed by atoms with van der Waals surface area (Å²) in [7, 11) is 0. The van der Waals surface area contributed by atoms with E-state index in [2.05, 4.69) is 4.98 Å². The lowest BCUT2D eigenvalue weighted by molar-refractivity contribution is -0.135. The van der Waals surface area contributed by atoms with E-state index in [0.717, 1.165) is 41.8 Å². The third kappa shape index (κ3) is 5.88. The molecule has 168 valence electrons. The van der Waals surface area contributed by atoms with Crippen molar-refractivity contribution in [3.63, 3.8) is 0 Å². The van der Waals surface area contributed by atoms with E-state index in [-0.39, 0.29) is 24.6 Å². The molecular formula is C24H32N2O5. The number of ether oxygens (including phenoxy) is 3. The van der Waals surface area contributed by atoms with E-state index in [1.54, 1.807) is 11.8 Å². The fourth-order valence-electron chi connectivity index (χ4n) is 3.85. The second-order valence-corrected chi connectivity index (χ2v) is 7.96. The molecule has 1 saturated heterocycles. The third-order valence-corrected chi connectivity index (χ3v) is 5.57. The van der Waals surface area contributed by atoms with Gasteiger partial charge in [-0.3, -0.25) is 4.79 Å². The monoisotopic (exact) mass is 428 g/mol. The molecule has 0 spiro atoms. The van der Waals surface area contributed by atoms with Crippen LogP contribution in [0, 0.1) is 20.8 Å². The van der Waals surface area contributed by atoms with E-state index in [1.807, 2.05) is 45.0 Å². The minimum Gasteiger partial charge on any atom is -0.484 e. The molecule has 31 heavy (non-hydrogen) atoms. The van der Waals surface area contributed by atoms with Crippen molar-refractivity contribution < 1.29 is 23.8 Å². The minimum atomic E-state index is -0.380. The first kappa shape index (κ1) is 22.9. The number of amides is 1. The lowest BCUT2D eigenvalue weighted by Crippen LogP contribution is -2.39. The van der Waals surface area contributed by atoms with Gasteiger partial charge in [-0.1, -0.05) is 12.1 Å². The van der Waals surface area contributed by atoms with E-state index in [1.165, 1.54) is 0 Å². The van der Waals surface area contributed by atoms with Crippen LogP contribution in [0.1, 0.15) is 52.6 Å². The van der Waals surface area contributed by atoms with Crippen LogP contribution < -0.4 is 4.74 Å². The first-order valence-corrected chi connectivity index (χ1v) is 10.8. The Labute approximate surface area is 183 Å². The molecule has 1 aromatic carbocycles. The summed E-state index contributed by atoms with van der Waals surface area (Å²) >= 11 is 0. The van der Waals surface area contributed by atoms with Crippen molar-refractivity contribution in [2.24, 2.45) is 0 Å². The van der Waals surface area contributed by atoms with Crippen molar-refractivity contribution in [2.75, 3.05) is 26.4 Å². The van der Waals surface area contributed by atoms with Crippen LogP contribution in [0.5, 0.6) is 5.75 Å². The van der Waals surface area contributed by atoms with Crippen LogP contribution >= 0.6 is 0 Å². The van der Waals surface area contributed by atoms with Gasteiger partial charge in [0.15, 0.2) is 6.61 Å². The van der Waals surface area contributed by atoms with Gasteiger partial charge in [0.2, 0.25) is 0 Å². The van der Waals surface area contributed by atoms with Gasteiger partial charge in [0, 0.05) is 25.4 Å². The molecule has 7 heteroatoms. The number of rotatable bonds is 9. The summed E-state index contributed by atoms with van der Waals surface area (Å²) in [6.07, 6.45) is 1.95. The van der Waals surface area contributed by atoms with Crippen LogP contribution in [0.4, 0.5) is 0 Å². The summed E-state index contributed by atoms with van der Waals surface area (Å²) in [6, 6.07) is 7.64. The maximum atomic E-state index is 13.1. The number of aromatic amines is 1. The zero-order chi connectivity index (χ0) is 22.4. The van der Waals surface area contributed by atoms with Gasteiger partial charge in [0.25, 0.3) is 5.91 Å². The SMILES string of the molecule is CCOC(=O)c1[nH]c(C)c(CN(C[C@H]2CCCO2)C(=O)COc2cccc(C)c2)c1C. The standard InChI is InChI=1S/C24H32N2O5/c1-5-29-24(28)23-17(3)21(18(4)25-23)14-26(13-20-10-7-11-30-20)22(27)15-31-19-9-6-8-16(2)12-19/h6,8-9,12,20,25H,5,7,10-11,13-15H2,1-4H3/t20-/m1/s1. The molecule has 1 aliphatic rings. The molecule has 1 atom stereocenters. The van der Waals surface area contributed by atoms with E-state index >= 15 is 0 Å². The minimum absolute atomic E-state index is 0.0204. The first-order valence-electron chi connectivity index (χ1n) is 10.8. The number of nitrogens with zero attached hydrogens (tertiary/aromatic N) is 1. The second-order valence-electron chi connectivity index (χ2n) is 7.96. The van der Waals surface area contributed by atoms with Crippen LogP contribution in [0.25, 0.3) is 0 Å². The van der Waals surface area contributed by atoms with E-state index in [9.17, 15) is 9.59 Å². The molecule has 0 unspecified atom stereocenters. The topological polar surface area (TPSA) is 80.9 Å². The number of carbonyl (C=O) groups is 2. The lowest BCUT2D eigenvalue weighted by Gasteiger charge is -2.26. The zero-order valence-corrected chi connectivity index (χ0v) is 18.8. The van der Waals surface area contributed by atoms with Crippen LogP contribution in [-0.2, 0) is 20.8 Å². The maximum absolute atomic E-state index is 13.1. The average Bonchev–Trinajstić information content (AvgIpc) is 3.35. The molecule has 0 saturated carbocycles. The molecule has 1 amide bonds. The van der Waals surface area contributed by atoms with Gasteiger partial charge >= 0.3 is 5.97 Å². The largest absolute Gasteiger partial charge is 0.484 e. The Hall–Kier alpha value is -2.80. The number of hydrogen-bond acceptors (Lipinski definition) is 5. The normalized spacial score (nSPS) is 15.7. The van der Waals surface area contributed by atoms with E-state index < -0.39 is 0 Å². The molecule has 1 aliphatic heterocycles. The number of nitrogens with one attached hydrogen (secondary N) is 1. The number of carbonyl (C=O) groups excluding carboxylic acids is 2. The fourth-order valence-corrected chi connectivity index (χ4v) is 3.85. The first-order chi connectivity index (χ1) is 14.9. The highest BCUT2D eigenvalue weighted by molar-refractivity contribution is 5.90. The number of aryl methyl sites for hydroxylation is 2. The Morgan fingerprint density at radius 3 is 2.74 bits per heavy atom. The Morgan fingerprint density at radius 1 is 1.26 bits per heavy atom. The molecule has 1 N–H and O–H groups in total. The third-order valence-electron chi connectivity index (χ3n) is 5.57. The van der Waals surface area contributed by atoms with Gasteiger partial charge in [0.05, 0.1) is 12.7 Å². The van der Waals surface area contributed by atoms with E-state index in [0.29, 0.717) is 31.1 Å². The van der Waals surface area contributed by atoms with Crippen LogP contribution in [-0.4, -0.2) is 54.2 Å². The molecule has 0 bridgehead atoms. The Kier molecular flexibility index (Phi) is 7.74. The highest BCUT2D eigenvalue weighted by Gasteiger charge is 2.26. The van der Waals surface area contributed by atoms with Crippen molar-refractivity contribution in [1.29, 1.82) is 0 Å². The highest BCUT2D eigenvalue weighted by atomic mass is 16.5. The van der Waals surface area contributed by atoms with Crippen molar-refractivity contribution in [3.05, 3.63) is 52.3 Å². The number of esters is 1. The lowest BCUT2D eigenvalue weighted by atomic mass is 10.1. The zero-order valence-electron chi connectivity index (χ0n) is 18.8. The van der Waals surface area contributed by atoms with Crippen LogP contribution in [0.3, 0.4) is 0 Å². The molecular weight excluding hydrogens is 396 g/mol. The molecule has 1 aromatic heterocycles. The van der Waals surface area contributed by atoms with Crippen molar-refractivity contribution >= 4 is 11.9 Å². The fraction of sp³-hybridized carbons (Fsp3) is 0.500. The van der Waals surface area contributed by atoms with Gasteiger partial charge in [-0.25, -0.2) is 4.79 Å². The van der Waals surface area contributed by atoms with Crippen molar-refractivity contribution in [2.45, 2.75) is 53.2 Å². The Morgan fingerprint density at radius 2 is 2.06 bits per heavy atom. The van der Waals surface area contributed by atoms with Crippen molar-refractivity contribution in [1.82, 2.24) is 9.88 Å². The summed E-state index contributed by atoms with van der Waals surface area (Å²) in [5, 5.41) is 0. The second kappa shape index (κ2) is 10.5. The summed E-state index contributed by atoms with van der Waals surface area (Å²) in [4.78, 5) is 30.2. The van der Waals surface area contributed by atoms with Crippen molar-refractivity contribution in [3.8, 4) is 5.75 Å². The number of benzene rings is 1. The molecule has 2 aromatic rings. The summed E-state index contributed by atoms with van der Waals surface area (Å²) in [5.41, 5.74) is 4.09. The number of H-pyrrole nitrogens is 1. The average molecular weight is 429 g/mol. The predicted molar refractivity (Wildman–Crippen MR) is 117 cm³/mol. The summed E-state index contributed by atoms with van der Waals surface area (Å²) in [5.74, 6) is 0.174. The molecule has 1 fully saturated rings. The van der Waals surface area contributed by atoms with Gasteiger partial charge in [0.1, 0.15) is 11.4 Å². The van der Waals surface area contributed by atoms with Gasteiger partial charge in [-0.2, -0.15) is 0 Å². The highest BCUT2D eigenvalue weighted by Crippen LogP contribution is 2.23. The Balaban J connectivity index is 1.75. The molecule has 0 aliphatic carbocycles. The van der Waals surface area contributed by atoms with Gasteiger partial charge in [-0.05, 0) is 69.4 Å². The van der Waals surface area contributed by atoms with E-state index in [4.69, 9.17) is 14.2 Å². The molecule has 0 radical (unpaired) electrons. The summed E-state index contributed by atoms with van der Waals surface area (Å²) < 4.78 is 16.7.